The molecule has 1 aliphatic rings. The second kappa shape index (κ2) is 13.7. The maximum absolute atomic E-state index is 14.8. The Morgan fingerprint density at radius 3 is 2.31 bits per heavy atom. The zero-order chi connectivity index (χ0) is 27.8. The summed E-state index contributed by atoms with van der Waals surface area (Å²) in [4.78, 5) is 29.1. The Labute approximate surface area is 238 Å². The third kappa shape index (κ3) is 7.91. The fraction of sp³-hybridized carbons (Fsp3) is 0.375. The summed E-state index contributed by atoms with van der Waals surface area (Å²) in [5.41, 5.74) is 3.27. The van der Waals surface area contributed by atoms with Crippen molar-refractivity contribution in [3.63, 3.8) is 0 Å². The van der Waals surface area contributed by atoms with E-state index in [2.05, 4.69) is 21.2 Å². The van der Waals surface area contributed by atoms with Crippen molar-refractivity contribution >= 4 is 27.7 Å². The van der Waals surface area contributed by atoms with Gasteiger partial charge in [-0.25, -0.2) is 4.39 Å². The molecule has 4 rings (SSSR count). The number of carbonyl (C=O) groups is 2. The summed E-state index contributed by atoms with van der Waals surface area (Å²) in [6.07, 6.45) is 5.49. The highest BCUT2D eigenvalue weighted by molar-refractivity contribution is 9.10. The normalized spacial score (nSPS) is 14.5. The number of benzene rings is 3. The Bertz CT molecular complexity index is 1250. The van der Waals surface area contributed by atoms with Crippen molar-refractivity contribution in [2.24, 2.45) is 0 Å². The average molecular weight is 596 g/mol. The Morgan fingerprint density at radius 2 is 1.64 bits per heavy atom. The first-order chi connectivity index (χ1) is 18.8. The molecular weight excluding hydrogens is 559 g/mol. The van der Waals surface area contributed by atoms with Gasteiger partial charge in [-0.05, 0) is 61.6 Å². The van der Waals surface area contributed by atoms with E-state index in [1.54, 1.807) is 18.2 Å². The summed E-state index contributed by atoms with van der Waals surface area (Å²) in [6, 6.07) is 19.0. The molecule has 1 atom stereocenters. The van der Waals surface area contributed by atoms with Gasteiger partial charge in [0.05, 0.1) is 0 Å². The molecule has 1 fully saturated rings. The van der Waals surface area contributed by atoms with Gasteiger partial charge in [-0.1, -0.05) is 83.7 Å². The second-order valence-electron chi connectivity index (χ2n) is 10.3. The number of rotatable bonds is 10. The van der Waals surface area contributed by atoms with Crippen LogP contribution < -0.4 is 10.1 Å². The first-order valence-electron chi connectivity index (χ1n) is 13.6. The summed E-state index contributed by atoms with van der Waals surface area (Å²) in [5.74, 6) is -0.442. The predicted molar refractivity (Wildman–Crippen MR) is 155 cm³/mol. The molecule has 2 amide bonds. The van der Waals surface area contributed by atoms with Crippen LogP contribution in [0.15, 0.2) is 71.2 Å². The van der Waals surface area contributed by atoms with E-state index < -0.39 is 11.9 Å². The molecule has 1 saturated carbocycles. The smallest absolute Gasteiger partial charge is 0.261 e. The summed E-state index contributed by atoms with van der Waals surface area (Å²) in [7, 11) is 0. The van der Waals surface area contributed by atoms with Crippen molar-refractivity contribution in [3.8, 4) is 5.75 Å². The minimum absolute atomic E-state index is 0.0388. The van der Waals surface area contributed by atoms with Crippen molar-refractivity contribution in [2.45, 2.75) is 71.0 Å². The predicted octanol–water partition coefficient (Wildman–Crippen LogP) is 6.67. The Morgan fingerprint density at radius 1 is 1.00 bits per heavy atom. The third-order valence-electron chi connectivity index (χ3n) is 7.29. The van der Waals surface area contributed by atoms with Crippen LogP contribution in [0.5, 0.6) is 5.75 Å². The standard InChI is InChI=1S/C32H36BrFN2O3/c1-22-17-27(18-23(2)31(22)33)39-21-30(37)36(20-25-13-9-10-16-28(25)34)29(19-24-11-5-3-6-12-24)32(38)35-26-14-7-4-8-15-26/h3,5-6,9-13,16-18,26,29H,4,7-8,14-15,19-21H2,1-2H3,(H,35,38). The maximum atomic E-state index is 14.8. The fourth-order valence-electron chi connectivity index (χ4n) is 5.13. The van der Waals surface area contributed by atoms with Crippen molar-refractivity contribution in [2.75, 3.05) is 6.61 Å². The second-order valence-corrected chi connectivity index (χ2v) is 11.1. The van der Waals surface area contributed by atoms with E-state index in [1.165, 1.54) is 17.4 Å². The molecule has 0 saturated heterocycles. The van der Waals surface area contributed by atoms with Crippen LogP contribution in [0.25, 0.3) is 0 Å². The van der Waals surface area contributed by atoms with Gasteiger partial charge in [-0.3, -0.25) is 9.59 Å². The summed E-state index contributed by atoms with van der Waals surface area (Å²) in [6.45, 7) is 3.61. The van der Waals surface area contributed by atoms with E-state index in [-0.39, 0.29) is 31.0 Å². The highest BCUT2D eigenvalue weighted by Gasteiger charge is 2.32. The molecule has 1 aliphatic carbocycles. The molecule has 5 nitrogen and oxygen atoms in total. The zero-order valence-corrected chi connectivity index (χ0v) is 24.2. The minimum atomic E-state index is -0.821. The van der Waals surface area contributed by atoms with E-state index in [0.717, 1.165) is 46.8 Å². The van der Waals surface area contributed by atoms with Gasteiger partial charge < -0.3 is 15.0 Å². The van der Waals surface area contributed by atoms with Crippen LogP contribution in [0.3, 0.4) is 0 Å². The quantitative estimate of drug-likeness (QED) is 0.285. The number of halogens is 2. The lowest BCUT2D eigenvalue weighted by Crippen LogP contribution is -2.53. The topological polar surface area (TPSA) is 58.6 Å². The van der Waals surface area contributed by atoms with Crippen LogP contribution in [-0.2, 0) is 22.6 Å². The van der Waals surface area contributed by atoms with E-state index in [9.17, 15) is 14.0 Å². The van der Waals surface area contributed by atoms with Gasteiger partial charge in [0.25, 0.3) is 5.91 Å². The zero-order valence-electron chi connectivity index (χ0n) is 22.6. The number of hydrogen-bond donors (Lipinski definition) is 1. The van der Waals surface area contributed by atoms with Crippen molar-refractivity contribution in [3.05, 3.63) is 99.3 Å². The lowest BCUT2D eigenvalue weighted by Gasteiger charge is -2.33. The lowest BCUT2D eigenvalue weighted by atomic mass is 9.94. The van der Waals surface area contributed by atoms with Crippen molar-refractivity contribution < 1.29 is 18.7 Å². The van der Waals surface area contributed by atoms with E-state index >= 15 is 0 Å². The van der Waals surface area contributed by atoms with Crippen LogP contribution in [-0.4, -0.2) is 35.4 Å². The Kier molecular flexibility index (Phi) is 10.2. The number of nitrogens with one attached hydrogen (secondary N) is 1. The number of ether oxygens (including phenoxy) is 1. The molecule has 206 valence electrons. The molecular formula is C32H36BrFN2O3. The van der Waals surface area contributed by atoms with Gasteiger partial charge in [-0.15, -0.1) is 0 Å². The molecule has 3 aromatic carbocycles. The van der Waals surface area contributed by atoms with Gasteiger partial charge in [0.2, 0.25) is 5.91 Å². The first-order valence-corrected chi connectivity index (χ1v) is 14.4. The fourth-order valence-corrected chi connectivity index (χ4v) is 5.35. The average Bonchev–Trinajstić information content (AvgIpc) is 2.94. The van der Waals surface area contributed by atoms with E-state index in [4.69, 9.17) is 4.74 Å². The van der Waals surface area contributed by atoms with Gasteiger partial charge in [0, 0.05) is 29.0 Å². The Balaban J connectivity index is 1.63. The molecule has 39 heavy (non-hydrogen) atoms. The molecule has 1 unspecified atom stereocenters. The molecule has 0 radical (unpaired) electrons. The number of hydrogen-bond acceptors (Lipinski definition) is 3. The lowest BCUT2D eigenvalue weighted by molar-refractivity contribution is -0.143. The number of nitrogens with zero attached hydrogens (tertiary/aromatic N) is 1. The molecule has 0 aromatic heterocycles. The first kappa shape index (κ1) is 28.8. The summed E-state index contributed by atoms with van der Waals surface area (Å²) < 4.78 is 21.7. The summed E-state index contributed by atoms with van der Waals surface area (Å²) in [5, 5.41) is 3.20. The minimum Gasteiger partial charge on any atom is -0.484 e. The van der Waals surface area contributed by atoms with Crippen LogP contribution in [0.2, 0.25) is 0 Å². The van der Waals surface area contributed by atoms with Gasteiger partial charge in [-0.2, -0.15) is 0 Å². The maximum Gasteiger partial charge on any atom is 0.261 e. The SMILES string of the molecule is Cc1cc(OCC(=O)N(Cc2ccccc2F)C(Cc2ccccc2)C(=O)NC2CCCCC2)cc(C)c1Br. The van der Waals surface area contributed by atoms with Crippen LogP contribution >= 0.6 is 15.9 Å². The van der Waals surface area contributed by atoms with Crippen molar-refractivity contribution in [1.82, 2.24) is 10.2 Å². The molecule has 0 spiro atoms. The number of aryl methyl sites for hydroxylation is 2. The van der Waals surface area contributed by atoms with Gasteiger partial charge in [0.15, 0.2) is 6.61 Å². The van der Waals surface area contributed by atoms with Crippen LogP contribution in [0.1, 0.15) is 54.4 Å². The number of amides is 2. The van der Waals surface area contributed by atoms with E-state index in [0.29, 0.717) is 17.7 Å². The molecule has 0 aliphatic heterocycles. The molecule has 0 bridgehead atoms. The van der Waals surface area contributed by atoms with Gasteiger partial charge in [0.1, 0.15) is 17.6 Å². The molecule has 7 heteroatoms. The van der Waals surface area contributed by atoms with Crippen LogP contribution in [0, 0.1) is 19.7 Å². The van der Waals surface area contributed by atoms with Crippen molar-refractivity contribution in [1.29, 1.82) is 0 Å². The highest BCUT2D eigenvalue weighted by atomic mass is 79.9. The Hall–Kier alpha value is -3.19. The molecule has 3 aromatic rings. The highest BCUT2D eigenvalue weighted by Crippen LogP contribution is 2.27. The van der Waals surface area contributed by atoms with E-state index in [1.807, 2.05) is 56.3 Å². The largest absolute Gasteiger partial charge is 0.484 e. The molecule has 1 N–H and O–H groups in total. The van der Waals surface area contributed by atoms with Crippen LogP contribution in [0.4, 0.5) is 4.39 Å². The monoisotopic (exact) mass is 594 g/mol. The molecule has 0 heterocycles. The summed E-state index contributed by atoms with van der Waals surface area (Å²) >= 11 is 3.56. The van der Waals surface area contributed by atoms with Gasteiger partial charge >= 0.3 is 0 Å². The third-order valence-corrected chi connectivity index (χ3v) is 8.54. The number of carbonyl (C=O) groups excluding carboxylic acids is 2.